The molecule has 2 rings (SSSR count). The van der Waals surface area contributed by atoms with Gasteiger partial charge in [-0.15, -0.1) is 0 Å². The van der Waals surface area contributed by atoms with Gasteiger partial charge in [0.2, 0.25) is 0 Å². The second kappa shape index (κ2) is 4.78. The Kier molecular flexibility index (Phi) is 3.34. The van der Waals surface area contributed by atoms with Gasteiger partial charge in [0, 0.05) is 26.8 Å². The van der Waals surface area contributed by atoms with Crippen molar-refractivity contribution in [1.29, 1.82) is 0 Å². The molecular weight excluding hydrogens is 246 g/mol. The summed E-state index contributed by atoms with van der Waals surface area (Å²) >= 11 is 5.01. The van der Waals surface area contributed by atoms with Crippen LogP contribution in [0.1, 0.15) is 5.56 Å². The highest BCUT2D eigenvalue weighted by atomic mass is 32.1. The zero-order valence-electron chi connectivity index (χ0n) is 10.6. The van der Waals surface area contributed by atoms with Gasteiger partial charge >= 0.3 is 0 Å². The smallest absolute Gasteiger partial charge is 0.274 e. The van der Waals surface area contributed by atoms with Crippen molar-refractivity contribution in [2.24, 2.45) is 0 Å². The lowest BCUT2D eigenvalue weighted by Crippen LogP contribution is -2.23. The van der Waals surface area contributed by atoms with Crippen LogP contribution in [0.2, 0.25) is 0 Å². The van der Waals surface area contributed by atoms with Gasteiger partial charge in [-0.25, -0.2) is 0 Å². The quantitative estimate of drug-likeness (QED) is 0.645. The van der Waals surface area contributed by atoms with Crippen LogP contribution in [0.5, 0.6) is 0 Å². The van der Waals surface area contributed by atoms with Crippen LogP contribution in [0.3, 0.4) is 0 Å². The van der Waals surface area contributed by atoms with Gasteiger partial charge in [0.1, 0.15) is 5.70 Å². The van der Waals surface area contributed by atoms with E-state index in [9.17, 15) is 4.79 Å². The minimum Gasteiger partial charge on any atom is -0.378 e. The van der Waals surface area contributed by atoms with E-state index in [1.165, 1.54) is 0 Å². The van der Waals surface area contributed by atoms with Crippen LogP contribution < -0.4 is 10.2 Å². The van der Waals surface area contributed by atoms with Crippen molar-refractivity contribution in [2.75, 3.05) is 26.0 Å². The largest absolute Gasteiger partial charge is 0.378 e. The zero-order chi connectivity index (χ0) is 13.3. The van der Waals surface area contributed by atoms with Crippen LogP contribution in [0.4, 0.5) is 5.69 Å². The summed E-state index contributed by atoms with van der Waals surface area (Å²) in [4.78, 5) is 15.4. The number of nitrogens with zero attached hydrogens (tertiary/aromatic N) is 2. The van der Waals surface area contributed by atoms with Crippen LogP contribution >= 0.6 is 12.2 Å². The van der Waals surface area contributed by atoms with E-state index in [1.807, 2.05) is 49.3 Å². The van der Waals surface area contributed by atoms with Gasteiger partial charge in [-0.2, -0.15) is 0 Å². The van der Waals surface area contributed by atoms with E-state index in [0.29, 0.717) is 10.8 Å². The predicted octanol–water partition coefficient (Wildman–Crippen LogP) is 1.44. The molecule has 0 saturated carbocycles. The number of rotatable bonds is 2. The molecule has 0 radical (unpaired) electrons. The van der Waals surface area contributed by atoms with Crippen LogP contribution in [0.25, 0.3) is 6.08 Å². The number of hydrogen-bond donors (Lipinski definition) is 1. The van der Waals surface area contributed by atoms with E-state index in [4.69, 9.17) is 12.2 Å². The van der Waals surface area contributed by atoms with Gasteiger partial charge in [0.25, 0.3) is 5.91 Å². The number of benzene rings is 1. The molecule has 1 N–H and O–H groups in total. The molecule has 4 nitrogen and oxygen atoms in total. The predicted molar refractivity (Wildman–Crippen MR) is 77.2 cm³/mol. The fraction of sp³-hybridized carbons (Fsp3) is 0.231. The molecule has 1 aliphatic heterocycles. The van der Waals surface area contributed by atoms with Crippen LogP contribution in [0.15, 0.2) is 30.0 Å². The maximum atomic E-state index is 11.7. The van der Waals surface area contributed by atoms with E-state index in [0.717, 1.165) is 11.3 Å². The van der Waals surface area contributed by atoms with Crippen molar-refractivity contribution in [3.63, 3.8) is 0 Å². The van der Waals surface area contributed by atoms with E-state index in [1.54, 1.807) is 11.9 Å². The first-order valence-corrected chi connectivity index (χ1v) is 5.98. The fourth-order valence-electron chi connectivity index (χ4n) is 1.70. The molecule has 1 aliphatic rings. The lowest BCUT2D eigenvalue weighted by Gasteiger charge is -2.12. The highest BCUT2D eigenvalue weighted by Crippen LogP contribution is 2.17. The van der Waals surface area contributed by atoms with Crippen molar-refractivity contribution in [3.05, 3.63) is 35.5 Å². The summed E-state index contributed by atoms with van der Waals surface area (Å²) in [6.45, 7) is 0. The molecule has 1 aromatic rings. The van der Waals surface area contributed by atoms with Gasteiger partial charge in [0.15, 0.2) is 5.11 Å². The minimum absolute atomic E-state index is 0.154. The van der Waals surface area contributed by atoms with E-state index in [-0.39, 0.29) is 5.91 Å². The molecule has 0 atom stereocenters. The number of nitrogens with one attached hydrogen (secondary N) is 1. The van der Waals surface area contributed by atoms with Crippen molar-refractivity contribution in [1.82, 2.24) is 10.2 Å². The number of hydrogen-bond acceptors (Lipinski definition) is 3. The summed E-state index contributed by atoms with van der Waals surface area (Å²) in [7, 11) is 5.76. The van der Waals surface area contributed by atoms with E-state index < -0.39 is 0 Å². The number of amides is 1. The third-order valence-corrected chi connectivity index (χ3v) is 3.21. The normalized spacial score (nSPS) is 17.3. The van der Waals surface area contributed by atoms with Gasteiger partial charge < -0.3 is 9.80 Å². The molecule has 1 saturated heterocycles. The lowest BCUT2D eigenvalue weighted by molar-refractivity contribution is -0.115. The average molecular weight is 261 g/mol. The molecule has 1 fully saturated rings. The summed E-state index contributed by atoms with van der Waals surface area (Å²) in [5, 5.41) is 3.05. The molecule has 0 aliphatic carbocycles. The molecule has 1 heterocycles. The van der Waals surface area contributed by atoms with Crippen LogP contribution in [-0.2, 0) is 4.79 Å². The van der Waals surface area contributed by atoms with Gasteiger partial charge in [-0.1, -0.05) is 12.1 Å². The lowest BCUT2D eigenvalue weighted by atomic mass is 10.1. The minimum atomic E-state index is -0.154. The number of carbonyl (C=O) groups excluding carboxylic acids is 1. The summed E-state index contributed by atoms with van der Waals surface area (Å²) in [5.74, 6) is -0.154. The monoisotopic (exact) mass is 261 g/mol. The average Bonchev–Trinajstić information content (AvgIpc) is 2.57. The maximum absolute atomic E-state index is 11.7. The standard InChI is InChI=1S/C13H15N3OS/c1-15(2)10-6-4-9(5-7-10)8-11-12(17)14-13(18)16(11)3/h4-8H,1-3H3,(H,14,17,18)/b11-8-. The third kappa shape index (κ3) is 2.36. The topological polar surface area (TPSA) is 35.6 Å². The number of likely N-dealkylation sites (N-methyl/N-ethyl adjacent to an activating group) is 1. The summed E-state index contributed by atoms with van der Waals surface area (Å²) in [6.07, 6.45) is 1.83. The molecule has 1 amide bonds. The molecule has 1 aromatic carbocycles. The maximum Gasteiger partial charge on any atom is 0.274 e. The van der Waals surface area contributed by atoms with Gasteiger partial charge in [-0.05, 0) is 36.0 Å². The Labute approximate surface area is 112 Å². The third-order valence-electron chi connectivity index (χ3n) is 2.83. The van der Waals surface area contributed by atoms with Crippen molar-refractivity contribution in [2.45, 2.75) is 0 Å². The van der Waals surface area contributed by atoms with Crippen LogP contribution in [-0.4, -0.2) is 37.1 Å². The molecule has 5 heteroatoms. The highest BCUT2D eigenvalue weighted by Gasteiger charge is 2.26. The molecule has 0 aromatic heterocycles. The summed E-state index contributed by atoms with van der Waals surface area (Å²) < 4.78 is 0. The molecular formula is C13H15N3OS. The number of carbonyl (C=O) groups is 1. The van der Waals surface area contributed by atoms with Crippen molar-refractivity contribution >= 4 is 35.0 Å². The molecule has 0 spiro atoms. The second-order valence-corrected chi connectivity index (χ2v) is 4.72. The van der Waals surface area contributed by atoms with Gasteiger partial charge in [-0.3, -0.25) is 10.1 Å². The van der Waals surface area contributed by atoms with Crippen molar-refractivity contribution < 1.29 is 4.79 Å². The first-order chi connectivity index (χ1) is 8.49. The Morgan fingerprint density at radius 2 is 1.89 bits per heavy atom. The second-order valence-electron chi connectivity index (χ2n) is 4.33. The Bertz CT molecular complexity index is 520. The first kappa shape index (κ1) is 12.6. The molecule has 94 valence electrons. The zero-order valence-corrected chi connectivity index (χ0v) is 11.4. The summed E-state index contributed by atoms with van der Waals surface area (Å²) in [5.41, 5.74) is 2.66. The molecule has 0 bridgehead atoms. The fourth-order valence-corrected chi connectivity index (χ4v) is 1.89. The number of anilines is 1. The number of thiocarbonyl (C=S) groups is 1. The Hall–Kier alpha value is -1.88. The Balaban J connectivity index is 2.28. The molecule has 0 unspecified atom stereocenters. The van der Waals surface area contributed by atoms with Crippen LogP contribution in [0, 0.1) is 0 Å². The first-order valence-electron chi connectivity index (χ1n) is 5.57. The highest BCUT2D eigenvalue weighted by molar-refractivity contribution is 7.80. The Morgan fingerprint density at radius 1 is 1.28 bits per heavy atom. The van der Waals surface area contributed by atoms with E-state index >= 15 is 0 Å². The van der Waals surface area contributed by atoms with E-state index in [2.05, 4.69) is 5.32 Å². The van der Waals surface area contributed by atoms with Crippen molar-refractivity contribution in [3.8, 4) is 0 Å². The Morgan fingerprint density at radius 3 is 2.33 bits per heavy atom. The SMILES string of the molecule is CN1C(=S)NC(=O)/C1=C/c1ccc(N(C)C)cc1. The summed E-state index contributed by atoms with van der Waals surface area (Å²) in [6, 6.07) is 7.98. The molecule has 18 heavy (non-hydrogen) atoms. The van der Waals surface area contributed by atoms with Gasteiger partial charge in [0.05, 0.1) is 0 Å².